The molecule has 1 amide bonds. The zero-order valence-electron chi connectivity index (χ0n) is 24.7. The summed E-state index contributed by atoms with van der Waals surface area (Å²) >= 11 is 0. The first-order chi connectivity index (χ1) is 20.7. The molecule has 0 radical (unpaired) electrons. The van der Waals surface area contributed by atoms with Crippen LogP contribution in [0.5, 0.6) is 0 Å². The molecular formula is C34H35FN6O2. The third-order valence-electron chi connectivity index (χ3n) is 7.67. The molecule has 5 aromatic rings. The van der Waals surface area contributed by atoms with Gasteiger partial charge < -0.3 is 10.1 Å². The minimum atomic E-state index is -0.447. The van der Waals surface area contributed by atoms with Crippen molar-refractivity contribution in [2.45, 2.75) is 39.2 Å². The lowest BCUT2D eigenvalue weighted by Gasteiger charge is -2.27. The molecule has 0 bridgehead atoms. The van der Waals surface area contributed by atoms with Gasteiger partial charge in [0.1, 0.15) is 17.3 Å². The van der Waals surface area contributed by atoms with Gasteiger partial charge in [-0.15, -0.1) is 0 Å². The number of hydrogen-bond acceptors (Lipinski definition) is 6. The largest absolute Gasteiger partial charge is 0.379 e. The van der Waals surface area contributed by atoms with E-state index in [4.69, 9.17) is 9.72 Å². The van der Waals surface area contributed by atoms with E-state index in [2.05, 4.69) is 47.0 Å². The van der Waals surface area contributed by atoms with Crippen molar-refractivity contribution in [2.24, 2.45) is 0 Å². The topological polar surface area (TPSA) is 84.6 Å². The van der Waals surface area contributed by atoms with E-state index < -0.39 is 5.82 Å². The summed E-state index contributed by atoms with van der Waals surface area (Å²) in [4.78, 5) is 29.0. The van der Waals surface area contributed by atoms with Crippen molar-refractivity contribution in [3.8, 4) is 22.5 Å². The van der Waals surface area contributed by atoms with Crippen LogP contribution in [-0.4, -0.2) is 56.5 Å². The van der Waals surface area contributed by atoms with Gasteiger partial charge in [-0.3, -0.25) is 19.1 Å². The highest BCUT2D eigenvalue weighted by Crippen LogP contribution is 2.28. The van der Waals surface area contributed by atoms with E-state index in [0.717, 1.165) is 46.9 Å². The maximum Gasteiger partial charge on any atom is 0.230 e. The van der Waals surface area contributed by atoms with Gasteiger partial charge in [0.05, 0.1) is 42.9 Å². The molecule has 9 heteroatoms. The average molecular weight is 579 g/mol. The number of amides is 1. The highest BCUT2D eigenvalue weighted by atomic mass is 19.1. The lowest BCUT2D eigenvalue weighted by Crippen LogP contribution is -2.36. The Kier molecular flexibility index (Phi) is 8.01. The molecular weight excluding hydrogens is 543 g/mol. The molecule has 0 unspecified atom stereocenters. The summed E-state index contributed by atoms with van der Waals surface area (Å²) in [5.74, 6) is -0.287. The number of carbonyl (C=O) groups excluding carboxylic acids is 1. The maximum atomic E-state index is 15.3. The molecule has 0 spiro atoms. The Morgan fingerprint density at radius 2 is 1.84 bits per heavy atom. The van der Waals surface area contributed by atoms with Crippen LogP contribution in [0.25, 0.3) is 28.2 Å². The molecule has 1 N–H and O–H groups in total. The van der Waals surface area contributed by atoms with Crippen molar-refractivity contribution in [1.29, 1.82) is 0 Å². The number of carbonyl (C=O) groups is 1. The summed E-state index contributed by atoms with van der Waals surface area (Å²) < 4.78 is 22.7. The van der Waals surface area contributed by atoms with E-state index in [1.54, 1.807) is 18.5 Å². The zero-order valence-corrected chi connectivity index (χ0v) is 24.7. The zero-order chi connectivity index (χ0) is 30.0. The number of halogens is 1. The highest BCUT2D eigenvalue weighted by Gasteiger charge is 2.20. The molecule has 1 aromatic carbocycles. The van der Waals surface area contributed by atoms with Crippen molar-refractivity contribution < 1.29 is 13.9 Å². The van der Waals surface area contributed by atoms with Gasteiger partial charge in [-0.2, -0.15) is 0 Å². The SMILES string of the molecule is CC(C)(C)c1cc(CN2CCOCC2)nc(NC(=O)Cc2ccc(-c3cnc4cc(-c5ccccn5)ccn34)cc2F)c1. The third kappa shape index (κ3) is 6.63. The second-order valence-corrected chi connectivity index (χ2v) is 11.9. The Hall–Kier alpha value is -4.47. The van der Waals surface area contributed by atoms with Gasteiger partial charge in [0.25, 0.3) is 0 Å². The van der Waals surface area contributed by atoms with Crippen LogP contribution in [0.2, 0.25) is 0 Å². The van der Waals surface area contributed by atoms with Crippen LogP contribution in [0.3, 0.4) is 0 Å². The first-order valence-electron chi connectivity index (χ1n) is 14.5. The van der Waals surface area contributed by atoms with Crippen molar-refractivity contribution in [1.82, 2.24) is 24.3 Å². The summed E-state index contributed by atoms with van der Waals surface area (Å²) in [6, 6.07) is 18.6. The van der Waals surface area contributed by atoms with E-state index in [9.17, 15) is 4.79 Å². The smallest absolute Gasteiger partial charge is 0.230 e. The molecule has 43 heavy (non-hydrogen) atoms. The predicted octanol–water partition coefficient (Wildman–Crippen LogP) is 5.91. The number of pyridine rings is 3. The van der Waals surface area contributed by atoms with Crippen LogP contribution >= 0.6 is 0 Å². The summed E-state index contributed by atoms with van der Waals surface area (Å²) in [5, 5.41) is 2.91. The molecule has 1 aliphatic heterocycles. The van der Waals surface area contributed by atoms with Crippen LogP contribution in [-0.2, 0) is 27.9 Å². The first kappa shape index (κ1) is 28.6. The van der Waals surface area contributed by atoms with Crippen molar-refractivity contribution in [3.63, 3.8) is 0 Å². The number of morpholine rings is 1. The van der Waals surface area contributed by atoms with E-state index in [1.807, 2.05) is 53.1 Å². The number of ether oxygens (including phenoxy) is 1. The molecule has 5 heterocycles. The van der Waals surface area contributed by atoms with Gasteiger partial charge in [0, 0.05) is 43.2 Å². The van der Waals surface area contributed by atoms with Gasteiger partial charge in [0.2, 0.25) is 5.91 Å². The molecule has 0 atom stereocenters. The van der Waals surface area contributed by atoms with E-state index in [1.165, 1.54) is 6.07 Å². The average Bonchev–Trinajstić information content (AvgIpc) is 3.42. The van der Waals surface area contributed by atoms with Gasteiger partial charge >= 0.3 is 0 Å². The van der Waals surface area contributed by atoms with Crippen LogP contribution in [0.15, 0.2) is 79.3 Å². The van der Waals surface area contributed by atoms with E-state index in [0.29, 0.717) is 36.7 Å². The van der Waals surface area contributed by atoms with E-state index >= 15 is 4.39 Å². The molecule has 6 rings (SSSR count). The van der Waals surface area contributed by atoms with Crippen molar-refractivity contribution in [3.05, 3.63) is 102 Å². The van der Waals surface area contributed by atoms with Gasteiger partial charge in [-0.25, -0.2) is 14.4 Å². The number of hydrogen-bond donors (Lipinski definition) is 1. The molecule has 4 aromatic heterocycles. The fraction of sp³-hybridized carbons (Fsp3) is 0.294. The first-order valence-corrected chi connectivity index (χ1v) is 14.5. The monoisotopic (exact) mass is 578 g/mol. The summed E-state index contributed by atoms with van der Waals surface area (Å²) in [6.45, 7) is 10.2. The minimum Gasteiger partial charge on any atom is -0.379 e. The molecule has 220 valence electrons. The molecule has 8 nitrogen and oxygen atoms in total. The Balaban J connectivity index is 1.18. The summed E-state index contributed by atoms with van der Waals surface area (Å²) in [7, 11) is 0. The summed E-state index contributed by atoms with van der Waals surface area (Å²) in [6.07, 6.45) is 5.28. The van der Waals surface area contributed by atoms with Gasteiger partial charge in [0.15, 0.2) is 0 Å². The maximum absolute atomic E-state index is 15.3. The molecule has 1 fully saturated rings. The fourth-order valence-corrected chi connectivity index (χ4v) is 5.25. The van der Waals surface area contributed by atoms with Gasteiger partial charge in [-0.05, 0) is 59.0 Å². The lowest BCUT2D eigenvalue weighted by atomic mass is 9.87. The van der Waals surface area contributed by atoms with Crippen molar-refractivity contribution in [2.75, 3.05) is 31.6 Å². The number of aromatic nitrogens is 4. The predicted molar refractivity (Wildman–Crippen MR) is 165 cm³/mol. The van der Waals surface area contributed by atoms with Crippen LogP contribution < -0.4 is 5.32 Å². The fourth-order valence-electron chi connectivity index (χ4n) is 5.25. The highest BCUT2D eigenvalue weighted by molar-refractivity contribution is 5.91. The Morgan fingerprint density at radius 3 is 2.58 bits per heavy atom. The second kappa shape index (κ2) is 12.0. The number of imidazole rings is 1. The standard InChI is InChI=1S/C34H35FN6O2/c1-34(2,3)26-19-27(22-40-12-14-43-15-13-40)38-31(20-26)39-33(42)18-23-7-8-25(16-28(23)35)30-21-37-32-17-24(9-11-41(30)32)29-6-4-5-10-36-29/h4-11,16-17,19-21H,12-15,18,22H2,1-3H3,(H,38,39,42). The number of fused-ring (bicyclic) bond motifs is 1. The Morgan fingerprint density at radius 1 is 1.00 bits per heavy atom. The van der Waals surface area contributed by atoms with Crippen LogP contribution in [0.1, 0.15) is 37.6 Å². The molecule has 0 aliphatic carbocycles. The van der Waals surface area contributed by atoms with Crippen LogP contribution in [0, 0.1) is 5.82 Å². The van der Waals surface area contributed by atoms with E-state index in [-0.39, 0.29) is 17.7 Å². The number of benzene rings is 1. The lowest BCUT2D eigenvalue weighted by molar-refractivity contribution is -0.115. The number of anilines is 1. The molecule has 0 saturated carbocycles. The minimum absolute atomic E-state index is 0.104. The Labute approximate surface area is 250 Å². The second-order valence-electron chi connectivity index (χ2n) is 11.9. The van der Waals surface area contributed by atoms with Gasteiger partial charge in [-0.1, -0.05) is 39.0 Å². The number of nitrogens with one attached hydrogen (secondary N) is 1. The van der Waals surface area contributed by atoms with Crippen LogP contribution in [0.4, 0.5) is 10.2 Å². The third-order valence-corrected chi connectivity index (χ3v) is 7.67. The van der Waals surface area contributed by atoms with Crippen molar-refractivity contribution >= 4 is 17.4 Å². The number of nitrogens with zero attached hydrogens (tertiary/aromatic N) is 5. The number of rotatable bonds is 7. The normalized spacial score (nSPS) is 14.2. The molecule has 1 aliphatic rings. The summed E-state index contributed by atoms with van der Waals surface area (Å²) in [5.41, 5.74) is 6.14. The Bertz CT molecular complexity index is 1760. The quantitative estimate of drug-likeness (QED) is 0.259. The molecule has 1 saturated heterocycles.